The van der Waals surface area contributed by atoms with Gasteiger partial charge in [-0.2, -0.15) is 5.10 Å². The largest absolute Gasteiger partial charge is 0.487 e. The SMILES string of the molecule is Cn1ccc(NC(=O)c2cc(Oc3cc(F)c(C(=O)N4CCC4)c(F)c3)c3c(c2)OC(C)(C)C3)n1. The molecule has 0 unspecified atom stereocenters. The fourth-order valence-corrected chi connectivity index (χ4v) is 4.15. The van der Waals surface area contributed by atoms with Crippen LogP contribution in [0.4, 0.5) is 14.6 Å². The maximum Gasteiger partial charge on any atom is 0.259 e. The van der Waals surface area contributed by atoms with E-state index in [-0.39, 0.29) is 17.1 Å². The number of rotatable bonds is 5. The van der Waals surface area contributed by atoms with Crippen LogP contribution in [0.2, 0.25) is 0 Å². The Bertz CT molecular complexity index is 1320. The number of carbonyl (C=O) groups is 2. The molecule has 0 atom stereocenters. The molecule has 35 heavy (non-hydrogen) atoms. The summed E-state index contributed by atoms with van der Waals surface area (Å²) in [6.07, 6.45) is 2.97. The number of amides is 2. The third-order valence-corrected chi connectivity index (χ3v) is 5.97. The number of ether oxygens (including phenoxy) is 2. The van der Waals surface area contributed by atoms with E-state index in [9.17, 15) is 18.4 Å². The van der Waals surface area contributed by atoms with E-state index in [1.54, 1.807) is 30.1 Å². The predicted octanol–water partition coefficient (Wildman–Crippen LogP) is 4.30. The van der Waals surface area contributed by atoms with Gasteiger partial charge >= 0.3 is 0 Å². The molecule has 0 saturated carbocycles. The number of nitrogens with one attached hydrogen (secondary N) is 1. The second kappa shape index (κ2) is 8.37. The molecule has 2 aliphatic rings. The molecule has 1 fully saturated rings. The van der Waals surface area contributed by atoms with Crippen LogP contribution in [0.1, 0.15) is 46.5 Å². The van der Waals surface area contributed by atoms with Gasteiger partial charge in [-0.05, 0) is 32.4 Å². The molecular formula is C25H24F2N4O4. The Labute approximate surface area is 200 Å². The molecule has 5 rings (SSSR count). The van der Waals surface area contributed by atoms with Crippen LogP contribution in [-0.2, 0) is 13.5 Å². The van der Waals surface area contributed by atoms with Gasteiger partial charge in [0.15, 0.2) is 5.82 Å². The van der Waals surface area contributed by atoms with E-state index in [0.29, 0.717) is 36.6 Å². The van der Waals surface area contributed by atoms with Crippen LogP contribution in [-0.4, -0.2) is 45.2 Å². The molecule has 1 N–H and O–H groups in total. The molecule has 2 amide bonds. The lowest BCUT2D eigenvalue weighted by Gasteiger charge is -2.31. The molecule has 10 heteroatoms. The number of hydrogen-bond acceptors (Lipinski definition) is 5. The average Bonchev–Trinajstić information content (AvgIpc) is 3.26. The summed E-state index contributed by atoms with van der Waals surface area (Å²) in [6.45, 7) is 4.73. The van der Waals surface area contributed by atoms with Crippen molar-refractivity contribution in [2.75, 3.05) is 18.4 Å². The quantitative estimate of drug-likeness (QED) is 0.586. The molecule has 1 saturated heterocycles. The first kappa shape index (κ1) is 22.8. The van der Waals surface area contributed by atoms with Gasteiger partial charge in [-0.1, -0.05) is 0 Å². The van der Waals surface area contributed by atoms with Crippen molar-refractivity contribution in [2.24, 2.45) is 7.05 Å². The summed E-state index contributed by atoms with van der Waals surface area (Å²) < 4.78 is 42.9. The summed E-state index contributed by atoms with van der Waals surface area (Å²) in [5.74, 6) is -2.21. The number of benzene rings is 2. The Kier molecular flexibility index (Phi) is 5.46. The normalized spacial score (nSPS) is 15.7. The van der Waals surface area contributed by atoms with Crippen LogP contribution in [0.5, 0.6) is 17.2 Å². The van der Waals surface area contributed by atoms with E-state index >= 15 is 0 Å². The van der Waals surface area contributed by atoms with Gasteiger partial charge in [-0.3, -0.25) is 14.3 Å². The van der Waals surface area contributed by atoms with Crippen molar-refractivity contribution in [3.8, 4) is 17.2 Å². The fourth-order valence-electron chi connectivity index (χ4n) is 4.15. The van der Waals surface area contributed by atoms with Crippen molar-refractivity contribution >= 4 is 17.6 Å². The smallest absolute Gasteiger partial charge is 0.259 e. The van der Waals surface area contributed by atoms with Gasteiger partial charge in [-0.25, -0.2) is 8.78 Å². The van der Waals surface area contributed by atoms with Crippen molar-refractivity contribution in [1.29, 1.82) is 0 Å². The highest BCUT2D eigenvalue weighted by Gasteiger charge is 2.34. The zero-order valence-corrected chi connectivity index (χ0v) is 19.5. The Morgan fingerprint density at radius 1 is 1.14 bits per heavy atom. The van der Waals surface area contributed by atoms with E-state index in [1.165, 1.54) is 11.0 Å². The van der Waals surface area contributed by atoms with Crippen molar-refractivity contribution in [3.63, 3.8) is 0 Å². The fraction of sp³-hybridized carbons (Fsp3) is 0.320. The minimum absolute atomic E-state index is 0.130. The highest BCUT2D eigenvalue weighted by atomic mass is 19.1. The number of anilines is 1. The van der Waals surface area contributed by atoms with E-state index < -0.39 is 34.6 Å². The molecule has 0 spiro atoms. The van der Waals surface area contributed by atoms with E-state index in [2.05, 4.69) is 10.4 Å². The molecule has 8 nitrogen and oxygen atoms in total. The summed E-state index contributed by atoms with van der Waals surface area (Å²) in [6, 6.07) is 6.70. The van der Waals surface area contributed by atoms with Gasteiger partial charge in [0.1, 0.15) is 40.0 Å². The first-order valence-electron chi connectivity index (χ1n) is 11.2. The molecule has 3 heterocycles. The molecule has 182 valence electrons. The van der Waals surface area contributed by atoms with Crippen LogP contribution < -0.4 is 14.8 Å². The Morgan fingerprint density at radius 2 is 1.86 bits per heavy atom. The molecule has 0 aliphatic carbocycles. The molecule has 0 radical (unpaired) electrons. The maximum atomic E-state index is 14.8. The molecule has 1 aromatic heterocycles. The molecule has 2 aliphatic heterocycles. The topological polar surface area (TPSA) is 85.7 Å². The number of nitrogens with zero attached hydrogens (tertiary/aromatic N) is 3. The summed E-state index contributed by atoms with van der Waals surface area (Å²) in [5.41, 5.74) is -0.255. The van der Waals surface area contributed by atoms with Gasteiger partial charge in [0.2, 0.25) is 0 Å². The first-order chi connectivity index (χ1) is 16.6. The second-order valence-electron chi connectivity index (χ2n) is 9.33. The third kappa shape index (κ3) is 4.43. The maximum absolute atomic E-state index is 14.8. The standard InChI is InChI=1S/C25H24F2N4O4/c1-25(2)13-16-19(9-14(10-20(16)35-25)23(32)28-21-5-8-30(3)29-21)34-15-11-17(26)22(18(27)12-15)24(33)31-6-4-7-31/h5,8-12H,4,6-7,13H2,1-3H3,(H,28,29,32). The number of aryl methyl sites for hydroxylation is 1. The number of halogens is 2. The van der Waals surface area contributed by atoms with E-state index in [1.807, 2.05) is 13.8 Å². The predicted molar refractivity (Wildman–Crippen MR) is 123 cm³/mol. The third-order valence-electron chi connectivity index (χ3n) is 5.97. The number of fused-ring (bicyclic) bond motifs is 1. The number of likely N-dealkylation sites (tertiary alicyclic amines) is 1. The zero-order valence-electron chi connectivity index (χ0n) is 19.5. The van der Waals surface area contributed by atoms with E-state index in [4.69, 9.17) is 9.47 Å². The van der Waals surface area contributed by atoms with Crippen molar-refractivity contribution in [1.82, 2.24) is 14.7 Å². The molecular weight excluding hydrogens is 458 g/mol. The summed E-state index contributed by atoms with van der Waals surface area (Å²) in [7, 11) is 1.73. The van der Waals surface area contributed by atoms with Crippen molar-refractivity contribution in [3.05, 3.63) is 64.9 Å². The van der Waals surface area contributed by atoms with Crippen LogP contribution in [0.3, 0.4) is 0 Å². The van der Waals surface area contributed by atoms with Crippen LogP contribution >= 0.6 is 0 Å². The highest BCUT2D eigenvalue weighted by Crippen LogP contribution is 2.43. The van der Waals surface area contributed by atoms with Crippen LogP contribution in [0, 0.1) is 11.6 Å². The van der Waals surface area contributed by atoms with Gasteiger partial charge < -0.3 is 19.7 Å². The van der Waals surface area contributed by atoms with Gasteiger partial charge in [0, 0.05) is 62.1 Å². The average molecular weight is 482 g/mol. The molecule has 0 bridgehead atoms. The second-order valence-corrected chi connectivity index (χ2v) is 9.33. The molecule has 2 aromatic carbocycles. The van der Waals surface area contributed by atoms with Gasteiger partial charge in [-0.15, -0.1) is 0 Å². The summed E-state index contributed by atoms with van der Waals surface area (Å²) in [5, 5.41) is 6.83. The number of hydrogen-bond donors (Lipinski definition) is 1. The Balaban J connectivity index is 1.47. The molecule has 3 aromatic rings. The van der Waals surface area contributed by atoms with Crippen molar-refractivity contribution < 1.29 is 27.8 Å². The summed E-state index contributed by atoms with van der Waals surface area (Å²) in [4.78, 5) is 26.6. The summed E-state index contributed by atoms with van der Waals surface area (Å²) >= 11 is 0. The van der Waals surface area contributed by atoms with E-state index in [0.717, 1.165) is 18.6 Å². The number of aromatic nitrogens is 2. The zero-order chi connectivity index (χ0) is 24.9. The van der Waals surface area contributed by atoms with Crippen LogP contribution in [0.15, 0.2) is 36.5 Å². The first-order valence-corrected chi connectivity index (χ1v) is 11.2. The Hall–Kier alpha value is -3.95. The van der Waals surface area contributed by atoms with Gasteiger partial charge in [0.05, 0.1) is 0 Å². The highest BCUT2D eigenvalue weighted by molar-refractivity contribution is 6.04. The Morgan fingerprint density at radius 3 is 2.46 bits per heavy atom. The lowest BCUT2D eigenvalue weighted by atomic mass is 9.99. The monoisotopic (exact) mass is 482 g/mol. The lowest BCUT2D eigenvalue weighted by Crippen LogP contribution is -2.42. The van der Waals surface area contributed by atoms with Crippen LogP contribution in [0.25, 0.3) is 0 Å². The number of carbonyl (C=O) groups excluding carboxylic acids is 2. The minimum Gasteiger partial charge on any atom is -0.487 e. The minimum atomic E-state index is -1.01. The van der Waals surface area contributed by atoms with Gasteiger partial charge in [0.25, 0.3) is 11.8 Å². The lowest BCUT2D eigenvalue weighted by molar-refractivity contribution is 0.0641. The van der Waals surface area contributed by atoms with Crippen molar-refractivity contribution in [2.45, 2.75) is 32.3 Å².